The number of piperidine rings is 1. The first-order valence-electron chi connectivity index (χ1n) is 10.0. The highest BCUT2D eigenvalue weighted by Gasteiger charge is 2.28. The van der Waals surface area contributed by atoms with Gasteiger partial charge in [-0.25, -0.2) is 4.79 Å². The zero-order valence-corrected chi connectivity index (χ0v) is 17.5. The normalized spacial score (nSPS) is 13.8. The molecule has 0 aromatic heterocycles. The van der Waals surface area contributed by atoms with Gasteiger partial charge in [-0.2, -0.15) is 0 Å². The summed E-state index contributed by atoms with van der Waals surface area (Å²) in [5, 5.41) is 14.1. The summed E-state index contributed by atoms with van der Waals surface area (Å²) in [5.74, 6) is -1.52. The summed E-state index contributed by atoms with van der Waals surface area (Å²) < 4.78 is 9.99. The molecule has 0 radical (unpaired) electrons. The van der Waals surface area contributed by atoms with Gasteiger partial charge in [-0.15, -0.1) is 0 Å². The van der Waals surface area contributed by atoms with Crippen LogP contribution >= 0.6 is 0 Å². The van der Waals surface area contributed by atoms with Crippen molar-refractivity contribution in [2.75, 3.05) is 32.1 Å². The standard InChI is InChI=1S/C22H23N3O7/c1-31-22(28)16-7-8-18(25(29)30)19(13-16)32-14-20(26)24-11-9-15(10-12-24)21(27)23-17-5-3-2-4-6-17/h2-8,13,15H,9-12,14H2,1H3,(H,23,27). The number of para-hydroxylation sites is 1. The average Bonchev–Trinajstić information content (AvgIpc) is 2.82. The Morgan fingerprint density at radius 1 is 1.12 bits per heavy atom. The van der Waals surface area contributed by atoms with Crippen LogP contribution in [0.5, 0.6) is 5.75 Å². The number of rotatable bonds is 7. The molecule has 1 N–H and O–H groups in total. The maximum atomic E-state index is 12.5. The number of nitro groups is 1. The number of benzene rings is 2. The predicted octanol–water partition coefficient (Wildman–Crippen LogP) is 2.64. The predicted molar refractivity (Wildman–Crippen MR) is 114 cm³/mol. The van der Waals surface area contributed by atoms with Crippen LogP contribution in [0.2, 0.25) is 0 Å². The third-order valence-corrected chi connectivity index (χ3v) is 5.19. The zero-order valence-electron chi connectivity index (χ0n) is 17.5. The second kappa shape index (κ2) is 10.4. The van der Waals surface area contributed by atoms with Gasteiger partial charge in [0.15, 0.2) is 12.4 Å². The largest absolute Gasteiger partial charge is 0.477 e. The van der Waals surface area contributed by atoms with Gasteiger partial charge in [0.1, 0.15) is 0 Å². The maximum absolute atomic E-state index is 12.5. The minimum absolute atomic E-state index is 0.0748. The molecule has 1 aliphatic rings. The van der Waals surface area contributed by atoms with Gasteiger partial charge in [0, 0.05) is 36.8 Å². The Labute approximate surface area is 184 Å². The second-order valence-corrected chi connectivity index (χ2v) is 7.23. The molecule has 2 aromatic carbocycles. The number of hydrogen-bond acceptors (Lipinski definition) is 7. The van der Waals surface area contributed by atoms with Gasteiger partial charge in [-0.05, 0) is 31.0 Å². The molecule has 3 rings (SSSR count). The number of hydrogen-bond donors (Lipinski definition) is 1. The third-order valence-electron chi connectivity index (χ3n) is 5.19. The van der Waals surface area contributed by atoms with Crippen molar-refractivity contribution < 1.29 is 28.8 Å². The number of methoxy groups -OCH3 is 1. The van der Waals surface area contributed by atoms with Gasteiger partial charge in [-0.1, -0.05) is 18.2 Å². The summed E-state index contributed by atoms with van der Waals surface area (Å²) in [6.45, 7) is 0.324. The minimum atomic E-state index is -0.674. The fraction of sp³-hybridized carbons (Fsp3) is 0.318. The molecule has 1 fully saturated rings. The highest BCUT2D eigenvalue weighted by molar-refractivity contribution is 5.93. The van der Waals surface area contributed by atoms with Crippen molar-refractivity contribution in [2.45, 2.75) is 12.8 Å². The van der Waals surface area contributed by atoms with E-state index < -0.39 is 17.5 Å². The molecule has 0 unspecified atom stereocenters. The lowest BCUT2D eigenvalue weighted by Gasteiger charge is -2.31. The van der Waals surface area contributed by atoms with Crippen molar-refractivity contribution in [2.24, 2.45) is 5.92 Å². The van der Waals surface area contributed by atoms with Gasteiger partial charge in [0.05, 0.1) is 17.6 Å². The molecule has 32 heavy (non-hydrogen) atoms. The monoisotopic (exact) mass is 441 g/mol. The summed E-state index contributed by atoms with van der Waals surface area (Å²) >= 11 is 0. The quantitative estimate of drug-likeness (QED) is 0.397. The minimum Gasteiger partial charge on any atom is -0.477 e. The number of nitrogens with zero attached hydrogens (tertiary/aromatic N) is 2. The fourth-order valence-electron chi connectivity index (χ4n) is 3.41. The van der Waals surface area contributed by atoms with Gasteiger partial charge in [0.25, 0.3) is 5.91 Å². The second-order valence-electron chi connectivity index (χ2n) is 7.23. The Kier molecular flexibility index (Phi) is 7.37. The van der Waals surface area contributed by atoms with E-state index in [4.69, 9.17) is 4.74 Å². The van der Waals surface area contributed by atoms with Crippen LogP contribution in [0.3, 0.4) is 0 Å². The number of carbonyl (C=O) groups excluding carboxylic acids is 3. The lowest BCUT2D eigenvalue weighted by Crippen LogP contribution is -2.43. The summed E-state index contributed by atoms with van der Waals surface area (Å²) in [7, 11) is 1.19. The van der Waals surface area contributed by atoms with E-state index in [0.29, 0.717) is 25.9 Å². The summed E-state index contributed by atoms with van der Waals surface area (Å²) in [4.78, 5) is 48.8. The smallest absolute Gasteiger partial charge is 0.337 e. The van der Waals surface area contributed by atoms with E-state index in [2.05, 4.69) is 10.1 Å². The van der Waals surface area contributed by atoms with Gasteiger partial charge >= 0.3 is 11.7 Å². The number of ether oxygens (including phenoxy) is 2. The van der Waals surface area contributed by atoms with Crippen LogP contribution in [0.15, 0.2) is 48.5 Å². The highest BCUT2D eigenvalue weighted by Crippen LogP contribution is 2.28. The number of nitrogens with one attached hydrogen (secondary N) is 1. The van der Waals surface area contributed by atoms with Crippen LogP contribution < -0.4 is 10.1 Å². The Morgan fingerprint density at radius 3 is 2.44 bits per heavy atom. The number of amides is 2. The molecule has 0 saturated carbocycles. The van der Waals surface area contributed by atoms with E-state index >= 15 is 0 Å². The van der Waals surface area contributed by atoms with Gasteiger partial charge in [0.2, 0.25) is 5.91 Å². The highest BCUT2D eigenvalue weighted by atomic mass is 16.6. The van der Waals surface area contributed by atoms with Crippen LogP contribution in [0.25, 0.3) is 0 Å². The van der Waals surface area contributed by atoms with Crippen LogP contribution in [-0.2, 0) is 14.3 Å². The van der Waals surface area contributed by atoms with Gasteiger partial charge in [-0.3, -0.25) is 19.7 Å². The first-order chi connectivity index (χ1) is 15.4. The first-order valence-corrected chi connectivity index (χ1v) is 10.0. The van der Waals surface area contributed by atoms with Crippen molar-refractivity contribution in [1.29, 1.82) is 0 Å². The van der Waals surface area contributed by atoms with Crippen LogP contribution in [0.1, 0.15) is 23.2 Å². The summed E-state index contributed by atoms with van der Waals surface area (Å²) in [6, 6.07) is 12.7. The molecule has 0 aliphatic carbocycles. The zero-order chi connectivity index (χ0) is 23.1. The first kappa shape index (κ1) is 22.7. The van der Waals surface area contributed by atoms with Crippen molar-refractivity contribution in [3.05, 3.63) is 64.2 Å². The molecule has 1 aliphatic heterocycles. The van der Waals surface area contributed by atoms with E-state index in [0.717, 1.165) is 11.8 Å². The van der Waals surface area contributed by atoms with Crippen LogP contribution in [-0.4, -0.2) is 54.4 Å². The number of anilines is 1. The molecule has 10 heteroatoms. The lowest BCUT2D eigenvalue weighted by atomic mass is 9.95. The Morgan fingerprint density at radius 2 is 1.81 bits per heavy atom. The topological polar surface area (TPSA) is 128 Å². The molecule has 0 bridgehead atoms. The number of esters is 1. The van der Waals surface area contributed by atoms with Crippen LogP contribution in [0.4, 0.5) is 11.4 Å². The Balaban J connectivity index is 1.54. The average molecular weight is 441 g/mol. The Bertz CT molecular complexity index is 1000. The summed E-state index contributed by atoms with van der Waals surface area (Å²) in [5.41, 5.74) is 0.438. The number of carbonyl (C=O) groups is 3. The molecule has 0 spiro atoms. The van der Waals surface area contributed by atoms with E-state index in [1.54, 1.807) is 4.90 Å². The summed E-state index contributed by atoms with van der Waals surface area (Å²) in [6.07, 6.45) is 1.00. The molecular formula is C22H23N3O7. The van der Waals surface area contributed by atoms with E-state index in [-0.39, 0.29) is 34.7 Å². The van der Waals surface area contributed by atoms with Crippen LogP contribution in [0, 0.1) is 16.0 Å². The molecule has 10 nitrogen and oxygen atoms in total. The van der Waals surface area contributed by atoms with Crippen molar-refractivity contribution in [3.63, 3.8) is 0 Å². The molecule has 168 valence electrons. The lowest BCUT2D eigenvalue weighted by molar-refractivity contribution is -0.385. The van der Waals surface area contributed by atoms with E-state index in [1.807, 2.05) is 30.3 Å². The number of nitro benzene ring substituents is 1. The molecule has 0 atom stereocenters. The third kappa shape index (κ3) is 5.60. The molecule has 1 saturated heterocycles. The fourth-order valence-corrected chi connectivity index (χ4v) is 3.41. The SMILES string of the molecule is COC(=O)c1ccc([N+](=O)[O-])c(OCC(=O)N2CCC(C(=O)Nc3ccccc3)CC2)c1. The van der Waals surface area contributed by atoms with Gasteiger partial charge < -0.3 is 19.7 Å². The molecular weight excluding hydrogens is 418 g/mol. The van der Waals surface area contributed by atoms with Crippen molar-refractivity contribution in [3.8, 4) is 5.75 Å². The maximum Gasteiger partial charge on any atom is 0.337 e. The van der Waals surface area contributed by atoms with E-state index in [1.165, 1.54) is 19.2 Å². The van der Waals surface area contributed by atoms with Crippen molar-refractivity contribution in [1.82, 2.24) is 4.90 Å². The number of likely N-dealkylation sites (tertiary alicyclic amines) is 1. The molecule has 2 aromatic rings. The van der Waals surface area contributed by atoms with Crippen molar-refractivity contribution >= 4 is 29.2 Å². The van der Waals surface area contributed by atoms with E-state index in [9.17, 15) is 24.5 Å². The molecule has 2 amide bonds. The Hall–Kier alpha value is -3.95. The molecule has 1 heterocycles.